The molecule has 2 unspecified atom stereocenters. The average Bonchev–Trinajstić information content (AvgIpc) is 3.28. The van der Waals surface area contributed by atoms with E-state index in [1.807, 2.05) is 13.1 Å². The molecule has 7 nitrogen and oxygen atoms in total. The van der Waals surface area contributed by atoms with Gasteiger partial charge in [-0.15, -0.1) is 23.5 Å². The van der Waals surface area contributed by atoms with Crippen molar-refractivity contribution < 1.29 is 10.2 Å². The van der Waals surface area contributed by atoms with E-state index in [1.165, 1.54) is 31.6 Å². The van der Waals surface area contributed by atoms with Crippen LogP contribution in [0.4, 0.5) is 11.4 Å². The van der Waals surface area contributed by atoms with Crippen LogP contribution >= 0.6 is 35.3 Å². The minimum atomic E-state index is -0.455. The summed E-state index contributed by atoms with van der Waals surface area (Å²) >= 11 is 5.13. The van der Waals surface area contributed by atoms with Crippen LogP contribution in [0.1, 0.15) is 83.9 Å². The van der Waals surface area contributed by atoms with Gasteiger partial charge in [0.15, 0.2) is 0 Å². The van der Waals surface area contributed by atoms with Gasteiger partial charge >= 0.3 is 0 Å². The van der Waals surface area contributed by atoms with Crippen molar-refractivity contribution in [1.82, 2.24) is 4.90 Å². The Morgan fingerprint density at radius 2 is 1.30 bits per heavy atom. The quantitative estimate of drug-likeness (QED) is 0.0365. The molecule has 60 heavy (non-hydrogen) atoms. The largest absolute Gasteiger partial charge is 0.392 e. The molecule has 0 radical (unpaired) electrons. The van der Waals surface area contributed by atoms with Gasteiger partial charge in [-0.2, -0.15) is 10.2 Å². The van der Waals surface area contributed by atoms with E-state index < -0.39 is 6.10 Å². The molecule has 1 aliphatic rings. The zero-order valence-electron chi connectivity index (χ0n) is 36.4. The van der Waals surface area contributed by atoms with Gasteiger partial charge in [-0.25, -0.2) is 0 Å². The Balaban J connectivity index is 1.26. The average molecular weight is 864 g/mol. The molecule has 10 heteroatoms. The number of aryl methyl sites for hydroxylation is 1. The van der Waals surface area contributed by atoms with Crippen LogP contribution in [0.2, 0.25) is 0 Å². The van der Waals surface area contributed by atoms with E-state index in [4.69, 9.17) is 10.2 Å². The highest BCUT2D eigenvalue weighted by Crippen LogP contribution is 2.32. The Kier molecular flexibility index (Phi) is 19.7. The van der Waals surface area contributed by atoms with Gasteiger partial charge in [0.1, 0.15) is 0 Å². The van der Waals surface area contributed by atoms with Gasteiger partial charge in [-0.05, 0) is 162 Å². The van der Waals surface area contributed by atoms with Gasteiger partial charge < -0.3 is 25.3 Å². The summed E-state index contributed by atoms with van der Waals surface area (Å²) in [4.78, 5) is 9.47. The zero-order valence-corrected chi connectivity index (χ0v) is 38.9. The number of benzene rings is 4. The first-order valence-electron chi connectivity index (χ1n) is 21.7. The molecule has 5 rings (SSSR count). The topological polar surface area (TPSA) is 83.7 Å². The van der Waals surface area contributed by atoms with E-state index in [9.17, 15) is 10.2 Å². The van der Waals surface area contributed by atoms with E-state index in [1.54, 1.807) is 35.3 Å². The number of rotatable bonds is 24. The van der Waals surface area contributed by atoms with Crippen molar-refractivity contribution in [2.75, 3.05) is 54.4 Å². The lowest BCUT2D eigenvalue weighted by Crippen LogP contribution is -2.23. The second-order valence-electron chi connectivity index (χ2n) is 14.8. The molecular formula is C50H65N5O2S3. The molecule has 0 heterocycles. The number of allylic oxidation sites excluding steroid dienone is 4. The maximum atomic E-state index is 11.2. The first kappa shape index (κ1) is 47.1. The normalized spacial score (nSPS) is 14.2. The van der Waals surface area contributed by atoms with E-state index in [0.717, 1.165) is 97.1 Å². The van der Waals surface area contributed by atoms with E-state index in [0.29, 0.717) is 12.2 Å². The zero-order chi connectivity index (χ0) is 42.7. The predicted molar refractivity (Wildman–Crippen MR) is 262 cm³/mol. The number of aliphatic hydroxyl groups excluding tert-OH is 2. The molecule has 320 valence electrons. The maximum Gasteiger partial charge on any atom is 0.0961 e. The van der Waals surface area contributed by atoms with E-state index >= 15 is 0 Å². The van der Waals surface area contributed by atoms with Crippen molar-refractivity contribution in [3.63, 3.8) is 0 Å². The molecule has 4 aromatic rings. The highest BCUT2D eigenvalue weighted by Gasteiger charge is 2.17. The van der Waals surface area contributed by atoms with Gasteiger partial charge in [-0.1, -0.05) is 43.0 Å². The van der Waals surface area contributed by atoms with Crippen LogP contribution in [0.5, 0.6) is 0 Å². The Bertz CT molecular complexity index is 2020. The van der Waals surface area contributed by atoms with Crippen LogP contribution in [0.15, 0.2) is 144 Å². The van der Waals surface area contributed by atoms with Crippen molar-refractivity contribution in [3.05, 3.63) is 131 Å². The van der Waals surface area contributed by atoms with Crippen LogP contribution in [-0.2, 0) is 6.42 Å². The van der Waals surface area contributed by atoms with E-state index in [-0.39, 0.29) is 6.10 Å². The number of aliphatic hydroxyl groups is 2. The van der Waals surface area contributed by atoms with Gasteiger partial charge in [0.25, 0.3) is 0 Å². The SMILES string of the molecule is CCNc1ccc(/C(=N/N=C/c2ccc(N(CC)CC)cc2CCC(O)CSc2ccc(Sc3ccc(SCC(O)CC)cc3)cc2)C2=CC=C(N(CC)CC)CC2)cc1. The predicted octanol–water partition coefficient (Wildman–Crippen LogP) is 11.8. The molecule has 0 aromatic heterocycles. The van der Waals surface area contributed by atoms with Crippen molar-refractivity contribution in [2.24, 2.45) is 10.2 Å². The highest BCUT2D eigenvalue weighted by molar-refractivity contribution is 8.00. The second kappa shape index (κ2) is 25.1. The van der Waals surface area contributed by atoms with Crippen molar-refractivity contribution >= 4 is 58.6 Å². The molecule has 4 aromatic carbocycles. The summed E-state index contributed by atoms with van der Waals surface area (Å²) in [5.74, 6) is 1.34. The fourth-order valence-electron chi connectivity index (χ4n) is 7.10. The Labute approximate surface area is 372 Å². The lowest BCUT2D eigenvalue weighted by Gasteiger charge is -2.27. The Morgan fingerprint density at radius 3 is 1.85 bits per heavy atom. The van der Waals surface area contributed by atoms with Crippen molar-refractivity contribution in [3.8, 4) is 0 Å². The van der Waals surface area contributed by atoms with Crippen LogP contribution < -0.4 is 10.2 Å². The van der Waals surface area contributed by atoms with Crippen molar-refractivity contribution in [2.45, 2.75) is 105 Å². The van der Waals surface area contributed by atoms with Crippen LogP contribution in [0.3, 0.4) is 0 Å². The third-order valence-corrected chi connectivity index (χ3v) is 14.1. The molecule has 2 atom stereocenters. The summed E-state index contributed by atoms with van der Waals surface area (Å²) < 4.78 is 0. The van der Waals surface area contributed by atoms with Gasteiger partial charge in [-0.3, -0.25) is 0 Å². The Morgan fingerprint density at radius 1 is 0.700 bits per heavy atom. The lowest BCUT2D eigenvalue weighted by molar-refractivity contribution is 0.189. The van der Waals surface area contributed by atoms with Crippen LogP contribution in [-0.4, -0.2) is 83.5 Å². The number of hydrogen-bond acceptors (Lipinski definition) is 10. The third-order valence-electron chi connectivity index (χ3n) is 10.7. The summed E-state index contributed by atoms with van der Waals surface area (Å²) in [6.45, 7) is 17.6. The minimum absolute atomic E-state index is 0.262. The molecular weight excluding hydrogens is 799 g/mol. The second-order valence-corrected chi connectivity index (χ2v) is 18.1. The van der Waals surface area contributed by atoms with Gasteiger partial charge in [0, 0.05) is 86.4 Å². The first-order chi connectivity index (χ1) is 29.3. The number of anilines is 2. The fraction of sp³-hybridized carbons (Fsp3) is 0.400. The number of nitrogens with zero attached hydrogens (tertiary/aromatic N) is 4. The lowest BCUT2D eigenvalue weighted by atomic mass is 9.93. The summed E-state index contributed by atoms with van der Waals surface area (Å²) in [6.07, 6.45) is 9.70. The number of nitrogens with one attached hydrogen (secondary N) is 1. The number of thioether (sulfide) groups is 2. The molecule has 0 saturated carbocycles. The fourth-order valence-corrected chi connectivity index (χ4v) is 9.74. The molecule has 0 amide bonds. The minimum Gasteiger partial charge on any atom is -0.392 e. The molecule has 0 saturated heterocycles. The number of hydrogen-bond donors (Lipinski definition) is 3. The molecule has 1 aliphatic carbocycles. The summed E-state index contributed by atoms with van der Waals surface area (Å²) in [7, 11) is 0. The smallest absolute Gasteiger partial charge is 0.0961 e. The third kappa shape index (κ3) is 14.3. The van der Waals surface area contributed by atoms with Crippen molar-refractivity contribution in [1.29, 1.82) is 0 Å². The molecule has 0 aliphatic heterocycles. The Hall–Kier alpha value is -3.93. The first-order valence-corrected chi connectivity index (χ1v) is 24.5. The van der Waals surface area contributed by atoms with E-state index in [2.05, 4.69) is 153 Å². The molecule has 0 bridgehead atoms. The van der Waals surface area contributed by atoms with Crippen LogP contribution in [0, 0.1) is 0 Å². The molecule has 0 spiro atoms. The van der Waals surface area contributed by atoms with Gasteiger partial charge in [0.2, 0.25) is 0 Å². The summed E-state index contributed by atoms with van der Waals surface area (Å²) in [6, 6.07) is 32.2. The standard InChI is InChI=1S/C50H65N5O2S3/c1-7-44(56)35-58-46-25-29-48(30-26-46)60-49-31-27-47(28-32-49)59-36-45(57)24-18-39-33-43(55(11-5)12-6)23-17-40(39)34-52-53-50(37-13-19-41(20-14-37)51-8-2)38-15-21-42(22-16-38)54(9-3)10-4/h13-15,17,19-21,23,25-34,44-45,51,56-57H,7-12,16,18,22,24,35-36H2,1-6H3/b52-34+,53-50-. The molecule has 0 fully saturated rings. The highest BCUT2D eigenvalue weighted by atomic mass is 32.2. The summed E-state index contributed by atoms with van der Waals surface area (Å²) in [5.41, 5.74) is 8.98. The maximum absolute atomic E-state index is 11.2. The van der Waals surface area contributed by atoms with Gasteiger partial charge in [0.05, 0.1) is 24.1 Å². The summed E-state index contributed by atoms with van der Waals surface area (Å²) in [5, 5.41) is 34.2. The monoisotopic (exact) mass is 863 g/mol. The molecule has 3 N–H and O–H groups in total. The van der Waals surface area contributed by atoms with Crippen LogP contribution in [0.25, 0.3) is 0 Å².